The third-order valence-electron chi connectivity index (χ3n) is 5.30. The summed E-state index contributed by atoms with van der Waals surface area (Å²) < 4.78 is 0. The first-order chi connectivity index (χ1) is 12.5. The fraction of sp³-hybridized carbons (Fsp3) is 0.409. The summed E-state index contributed by atoms with van der Waals surface area (Å²) in [4.78, 5) is 17.3. The monoisotopic (exact) mass is 387 g/mol. The highest BCUT2D eigenvalue weighted by Crippen LogP contribution is 2.28. The van der Waals surface area contributed by atoms with Crippen LogP contribution < -0.4 is 10.6 Å². The Morgan fingerprint density at radius 2 is 1.70 bits per heavy atom. The normalized spacial score (nSPS) is 19.1. The average molecular weight is 388 g/mol. The predicted molar refractivity (Wildman–Crippen MR) is 114 cm³/mol. The molecule has 1 atom stereocenters. The molecule has 2 aromatic rings. The molecule has 1 aliphatic rings. The number of hydrogen-bond acceptors (Lipinski definition) is 3. The van der Waals surface area contributed by atoms with Gasteiger partial charge in [0.25, 0.3) is 0 Å². The zero-order valence-corrected chi connectivity index (χ0v) is 17.0. The molecule has 1 saturated heterocycles. The van der Waals surface area contributed by atoms with Gasteiger partial charge in [0.1, 0.15) is 0 Å². The van der Waals surface area contributed by atoms with Crippen LogP contribution in [0.3, 0.4) is 0 Å². The lowest BCUT2D eigenvalue weighted by Crippen LogP contribution is -2.54. The van der Waals surface area contributed by atoms with E-state index in [9.17, 15) is 4.79 Å². The Labute approximate surface area is 168 Å². The molecule has 0 saturated carbocycles. The van der Waals surface area contributed by atoms with Gasteiger partial charge in [0.15, 0.2) is 0 Å². The van der Waals surface area contributed by atoms with E-state index in [2.05, 4.69) is 30.9 Å². The molecule has 5 heteroatoms. The van der Waals surface area contributed by atoms with Gasteiger partial charge >= 0.3 is 0 Å². The second kappa shape index (κ2) is 9.36. The summed E-state index contributed by atoms with van der Waals surface area (Å²) >= 11 is 0. The standard InChI is InChI=1S/C22H29N3O.ClH/c1-22(2)17-24(14-13-20(22)23)16-21(26)25(19-11-7-4-8-12-19)15-18-9-5-3-6-10-18;/h3-12,20H,13-17,23H2,1-2H3;1H. The first-order valence-electron chi connectivity index (χ1n) is 9.33. The average Bonchev–Trinajstić information content (AvgIpc) is 2.64. The predicted octanol–water partition coefficient (Wildman–Crippen LogP) is 3.70. The minimum absolute atomic E-state index is 0. The molecular weight excluding hydrogens is 358 g/mol. The largest absolute Gasteiger partial charge is 0.327 e. The van der Waals surface area contributed by atoms with E-state index in [0.29, 0.717) is 13.1 Å². The van der Waals surface area contributed by atoms with E-state index < -0.39 is 0 Å². The van der Waals surface area contributed by atoms with Gasteiger partial charge in [-0.05, 0) is 29.5 Å². The fourth-order valence-electron chi connectivity index (χ4n) is 3.59. The number of rotatable bonds is 5. The van der Waals surface area contributed by atoms with Gasteiger partial charge < -0.3 is 10.6 Å². The molecule has 1 amide bonds. The van der Waals surface area contributed by atoms with Crippen molar-refractivity contribution in [2.75, 3.05) is 24.5 Å². The number of benzene rings is 2. The van der Waals surface area contributed by atoms with Crippen LogP contribution in [0.1, 0.15) is 25.8 Å². The van der Waals surface area contributed by atoms with Gasteiger partial charge in [0.05, 0.1) is 13.1 Å². The van der Waals surface area contributed by atoms with Gasteiger partial charge in [-0.1, -0.05) is 62.4 Å². The Morgan fingerprint density at radius 1 is 1.11 bits per heavy atom. The minimum atomic E-state index is 0. The SMILES string of the molecule is CC1(C)CN(CC(=O)N(Cc2ccccc2)c2ccccc2)CCC1N.Cl. The number of para-hydroxylation sites is 1. The van der Waals surface area contributed by atoms with Crippen LogP contribution in [0.2, 0.25) is 0 Å². The summed E-state index contributed by atoms with van der Waals surface area (Å²) in [6.07, 6.45) is 0.935. The van der Waals surface area contributed by atoms with E-state index in [1.807, 2.05) is 53.4 Å². The lowest BCUT2D eigenvalue weighted by molar-refractivity contribution is -0.120. The van der Waals surface area contributed by atoms with Crippen molar-refractivity contribution in [2.24, 2.45) is 11.1 Å². The molecule has 2 N–H and O–H groups in total. The van der Waals surface area contributed by atoms with Crippen molar-refractivity contribution in [1.29, 1.82) is 0 Å². The van der Waals surface area contributed by atoms with Crippen LogP contribution in [0.25, 0.3) is 0 Å². The van der Waals surface area contributed by atoms with Crippen molar-refractivity contribution >= 4 is 24.0 Å². The number of amides is 1. The number of likely N-dealkylation sites (tertiary alicyclic amines) is 1. The molecule has 1 fully saturated rings. The molecule has 1 unspecified atom stereocenters. The van der Waals surface area contributed by atoms with Crippen LogP contribution in [0.5, 0.6) is 0 Å². The Bertz CT molecular complexity index is 721. The Morgan fingerprint density at radius 3 is 2.30 bits per heavy atom. The summed E-state index contributed by atoms with van der Waals surface area (Å²) in [5.74, 6) is 0.131. The highest BCUT2D eigenvalue weighted by atomic mass is 35.5. The van der Waals surface area contributed by atoms with Crippen molar-refractivity contribution < 1.29 is 4.79 Å². The first kappa shape index (κ1) is 21.4. The quantitative estimate of drug-likeness (QED) is 0.850. The smallest absolute Gasteiger partial charge is 0.241 e. The van der Waals surface area contributed by atoms with E-state index in [-0.39, 0.29) is 29.8 Å². The number of hydrogen-bond donors (Lipinski definition) is 1. The Hall–Kier alpha value is -1.88. The number of anilines is 1. The molecule has 1 heterocycles. The van der Waals surface area contributed by atoms with Crippen LogP contribution in [0.15, 0.2) is 60.7 Å². The molecule has 0 aliphatic carbocycles. The fourth-order valence-corrected chi connectivity index (χ4v) is 3.59. The van der Waals surface area contributed by atoms with E-state index in [1.165, 1.54) is 0 Å². The van der Waals surface area contributed by atoms with Crippen LogP contribution in [0, 0.1) is 5.41 Å². The van der Waals surface area contributed by atoms with Crippen LogP contribution in [-0.2, 0) is 11.3 Å². The third kappa shape index (κ3) is 5.55. The van der Waals surface area contributed by atoms with Gasteiger partial charge in [-0.3, -0.25) is 9.69 Å². The van der Waals surface area contributed by atoms with Crippen LogP contribution in [0.4, 0.5) is 5.69 Å². The lowest BCUT2D eigenvalue weighted by atomic mass is 9.80. The number of nitrogens with zero attached hydrogens (tertiary/aromatic N) is 2. The van der Waals surface area contributed by atoms with E-state index in [4.69, 9.17) is 5.73 Å². The molecule has 0 bridgehead atoms. The summed E-state index contributed by atoms with van der Waals surface area (Å²) in [7, 11) is 0. The summed E-state index contributed by atoms with van der Waals surface area (Å²) in [5.41, 5.74) is 8.34. The lowest BCUT2D eigenvalue weighted by Gasteiger charge is -2.42. The molecular formula is C22H30ClN3O. The molecule has 0 spiro atoms. The maximum absolute atomic E-state index is 13.2. The zero-order valence-electron chi connectivity index (χ0n) is 16.2. The molecule has 0 aromatic heterocycles. The zero-order chi connectivity index (χ0) is 18.6. The van der Waals surface area contributed by atoms with Crippen LogP contribution >= 0.6 is 12.4 Å². The first-order valence-corrected chi connectivity index (χ1v) is 9.33. The van der Waals surface area contributed by atoms with Crippen molar-refractivity contribution in [3.05, 3.63) is 66.2 Å². The number of halogens is 1. The van der Waals surface area contributed by atoms with Crippen molar-refractivity contribution in [3.8, 4) is 0 Å². The second-order valence-electron chi connectivity index (χ2n) is 7.90. The molecule has 2 aromatic carbocycles. The number of carbonyl (C=O) groups excluding carboxylic acids is 1. The van der Waals surface area contributed by atoms with Crippen molar-refractivity contribution in [2.45, 2.75) is 32.9 Å². The summed E-state index contributed by atoms with van der Waals surface area (Å²) in [5, 5.41) is 0. The Kier molecular flexibility index (Phi) is 7.42. The highest BCUT2D eigenvalue weighted by Gasteiger charge is 2.34. The number of piperidine rings is 1. The van der Waals surface area contributed by atoms with Crippen molar-refractivity contribution in [3.63, 3.8) is 0 Å². The minimum Gasteiger partial charge on any atom is -0.327 e. The van der Waals surface area contributed by atoms with Crippen LogP contribution in [-0.4, -0.2) is 36.5 Å². The van der Waals surface area contributed by atoms with E-state index in [0.717, 1.165) is 30.8 Å². The molecule has 146 valence electrons. The molecule has 1 aliphatic heterocycles. The van der Waals surface area contributed by atoms with Gasteiger partial charge in [-0.2, -0.15) is 0 Å². The maximum atomic E-state index is 13.2. The molecule has 27 heavy (non-hydrogen) atoms. The number of carbonyl (C=O) groups is 1. The molecule has 4 nitrogen and oxygen atoms in total. The molecule has 3 rings (SSSR count). The number of nitrogens with two attached hydrogens (primary N) is 1. The van der Waals surface area contributed by atoms with Gasteiger partial charge in [-0.15, -0.1) is 12.4 Å². The highest BCUT2D eigenvalue weighted by molar-refractivity contribution is 5.94. The van der Waals surface area contributed by atoms with Crippen molar-refractivity contribution in [1.82, 2.24) is 4.90 Å². The molecule has 0 radical (unpaired) electrons. The van der Waals surface area contributed by atoms with Gasteiger partial charge in [0.2, 0.25) is 5.91 Å². The van der Waals surface area contributed by atoms with E-state index in [1.54, 1.807) is 0 Å². The maximum Gasteiger partial charge on any atom is 0.241 e. The summed E-state index contributed by atoms with van der Waals surface area (Å²) in [6.45, 7) is 7.12. The third-order valence-corrected chi connectivity index (χ3v) is 5.30. The second-order valence-corrected chi connectivity index (χ2v) is 7.90. The van der Waals surface area contributed by atoms with E-state index >= 15 is 0 Å². The Balaban J connectivity index is 0.00000261. The van der Waals surface area contributed by atoms with Gasteiger partial charge in [0, 0.05) is 24.8 Å². The van der Waals surface area contributed by atoms with Gasteiger partial charge in [-0.25, -0.2) is 0 Å². The summed E-state index contributed by atoms with van der Waals surface area (Å²) in [6, 6.07) is 20.3. The topological polar surface area (TPSA) is 49.6 Å².